The normalized spacial score (nSPS) is 23.4. The second-order valence-corrected chi connectivity index (χ2v) is 10.9. The SMILES string of the molecule is CCOP(=O)(CN(CCN)CCSC[C@H]1O[C@@H](n2cnc3c(N)ncnc32)[C@@H](O)C1O)OCC. The van der Waals surface area contributed by atoms with Gasteiger partial charge in [0.15, 0.2) is 17.7 Å². The topological polar surface area (TPSA) is 184 Å². The second kappa shape index (κ2) is 12.6. The van der Waals surface area contributed by atoms with E-state index in [2.05, 4.69) is 15.0 Å². The number of hydrogen-bond donors (Lipinski definition) is 4. The molecule has 1 aliphatic rings. The molecule has 3 rings (SSSR count). The number of thioether (sulfide) groups is 1. The smallest absolute Gasteiger partial charge is 0.344 e. The van der Waals surface area contributed by atoms with Crippen molar-refractivity contribution in [2.75, 3.05) is 56.4 Å². The Morgan fingerprint density at radius 2 is 1.94 bits per heavy atom. The molecule has 0 amide bonds. The van der Waals surface area contributed by atoms with E-state index in [0.717, 1.165) is 0 Å². The van der Waals surface area contributed by atoms with Gasteiger partial charge in [-0.15, -0.1) is 0 Å². The summed E-state index contributed by atoms with van der Waals surface area (Å²) in [6, 6.07) is 0. The van der Waals surface area contributed by atoms with E-state index in [1.165, 1.54) is 12.7 Å². The number of hydrogen-bond acceptors (Lipinski definition) is 13. The summed E-state index contributed by atoms with van der Waals surface area (Å²) < 4.78 is 31.1. The lowest BCUT2D eigenvalue weighted by atomic mass is 10.1. The first kappa shape index (κ1) is 27.2. The molecule has 13 nitrogen and oxygen atoms in total. The highest BCUT2D eigenvalue weighted by atomic mass is 32.2. The molecule has 4 atom stereocenters. The van der Waals surface area contributed by atoms with Crippen LogP contribution in [0.25, 0.3) is 11.2 Å². The number of imidazole rings is 1. The van der Waals surface area contributed by atoms with Gasteiger partial charge in [0.25, 0.3) is 0 Å². The van der Waals surface area contributed by atoms with E-state index in [1.54, 1.807) is 30.2 Å². The van der Waals surface area contributed by atoms with Crippen molar-refractivity contribution in [2.24, 2.45) is 5.73 Å². The van der Waals surface area contributed by atoms with Crippen LogP contribution in [-0.2, 0) is 18.3 Å². The number of nitrogens with zero attached hydrogens (tertiary/aromatic N) is 5. The van der Waals surface area contributed by atoms with Crippen LogP contribution in [0.1, 0.15) is 20.1 Å². The van der Waals surface area contributed by atoms with Crippen LogP contribution in [0.15, 0.2) is 12.7 Å². The number of rotatable bonds is 14. The van der Waals surface area contributed by atoms with E-state index in [-0.39, 0.29) is 12.1 Å². The molecule has 1 saturated heterocycles. The molecule has 0 radical (unpaired) electrons. The third-order valence-electron chi connectivity index (χ3n) is 5.30. The highest BCUT2D eigenvalue weighted by Crippen LogP contribution is 2.48. The number of aliphatic hydroxyl groups is 2. The molecule has 1 aliphatic heterocycles. The summed E-state index contributed by atoms with van der Waals surface area (Å²) in [6.45, 7) is 5.71. The van der Waals surface area contributed by atoms with Crippen LogP contribution in [0, 0.1) is 0 Å². The summed E-state index contributed by atoms with van der Waals surface area (Å²) in [5, 5.41) is 21.1. The maximum absolute atomic E-state index is 12.8. The molecule has 3 heterocycles. The first-order valence-electron chi connectivity index (χ1n) is 11.2. The summed E-state index contributed by atoms with van der Waals surface area (Å²) in [5.74, 6) is 1.34. The van der Waals surface area contributed by atoms with Gasteiger partial charge in [-0.2, -0.15) is 11.8 Å². The Bertz CT molecular complexity index is 958. The van der Waals surface area contributed by atoms with E-state index in [0.29, 0.717) is 55.5 Å². The number of aliphatic hydroxyl groups excluding tert-OH is 2. The van der Waals surface area contributed by atoms with Gasteiger partial charge >= 0.3 is 7.60 Å². The number of anilines is 1. The second-order valence-electron chi connectivity index (χ2n) is 7.70. The van der Waals surface area contributed by atoms with Gasteiger partial charge in [0.05, 0.1) is 25.6 Å². The van der Waals surface area contributed by atoms with Gasteiger partial charge in [-0.25, -0.2) is 15.0 Å². The van der Waals surface area contributed by atoms with Crippen molar-refractivity contribution in [3.63, 3.8) is 0 Å². The fourth-order valence-electron chi connectivity index (χ4n) is 3.74. The third kappa shape index (κ3) is 6.45. The summed E-state index contributed by atoms with van der Waals surface area (Å²) >= 11 is 1.55. The molecule has 1 fully saturated rings. The van der Waals surface area contributed by atoms with Crippen molar-refractivity contribution in [1.82, 2.24) is 24.4 Å². The minimum absolute atomic E-state index is 0.161. The van der Waals surface area contributed by atoms with Crippen molar-refractivity contribution >= 4 is 36.3 Å². The predicted molar refractivity (Wildman–Crippen MR) is 129 cm³/mol. The molecule has 0 aromatic carbocycles. The quantitative estimate of drug-likeness (QED) is 0.197. The first-order valence-corrected chi connectivity index (χ1v) is 14.0. The zero-order valence-corrected chi connectivity index (χ0v) is 21.1. The fraction of sp³-hybridized carbons (Fsp3) is 0.737. The number of aromatic nitrogens is 4. The van der Waals surface area contributed by atoms with Crippen LogP contribution < -0.4 is 11.5 Å². The molecule has 2 aromatic rings. The minimum Gasteiger partial charge on any atom is -0.387 e. The van der Waals surface area contributed by atoms with Gasteiger partial charge in [0.1, 0.15) is 30.3 Å². The van der Waals surface area contributed by atoms with Gasteiger partial charge in [-0.05, 0) is 13.8 Å². The van der Waals surface area contributed by atoms with Crippen molar-refractivity contribution in [2.45, 2.75) is 38.4 Å². The van der Waals surface area contributed by atoms with E-state index < -0.39 is 32.1 Å². The van der Waals surface area contributed by atoms with Gasteiger partial charge in [0.2, 0.25) is 0 Å². The largest absolute Gasteiger partial charge is 0.387 e. The van der Waals surface area contributed by atoms with Crippen LogP contribution >= 0.6 is 19.4 Å². The van der Waals surface area contributed by atoms with Gasteiger partial charge in [0, 0.05) is 31.1 Å². The molecular formula is C19H34N7O6PS. The van der Waals surface area contributed by atoms with Gasteiger partial charge in [-0.1, -0.05) is 0 Å². The monoisotopic (exact) mass is 519 g/mol. The molecule has 1 unspecified atom stereocenters. The van der Waals surface area contributed by atoms with Crippen molar-refractivity contribution in [3.8, 4) is 0 Å². The van der Waals surface area contributed by atoms with E-state index in [9.17, 15) is 14.8 Å². The first-order chi connectivity index (χ1) is 16.3. The molecular weight excluding hydrogens is 485 g/mol. The Morgan fingerprint density at radius 3 is 2.62 bits per heavy atom. The fourth-order valence-corrected chi connectivity index (χ4v) is 6.60. The number of nitrogen functional groups attached to an aromatic ring is 1. The van der Waals surface area contributed by atoms with E-state index in [1.807, 2.05) is 4.90 Å². The number of ether oxygens (including phenoxy) is 1. The summed E-state index contributed by atoms with van der Waals surface area (Å²) in [5.41, 5.74) is 12.4. The van der Waals surface area contributed by atoms with Crippen LogP contribution in [0.4, 0.5) is 5.82 Å². The molecule has 2 aromatic heterocycles. The maximum Gasteiger partial charge on any atom is 0.344 e. The summed E-state index contributed by atoms with van der Waals surface area (Å²) in [4.78, 5) is 14.2. The Hall–Kier alpha value is -1.35. The molecule has 0 saturated carbocycles. The average Bonchev–Trinajstić information content (AvgIpc) is 3.34. The standard InChI is InChI=1S/C19H34N7O6PS/c1-3-30-33(29,31-4-2)12-25(6-5-20)7-8-34-9-13-15(27)16(28)19(32-13)26-11-24-14-17(21)22-10-23-18(14)26/h10-11,13,15-16,19,27-28H,3-9,12,20H2,1-2H3,(H2,21,22,23)/t13-,15?,16+,19-/m1/s1. The Morgan fingerprint density at radius 1 is 1.21 bits per heavy atom. The Kier molecular flexibility index (Phi) is 10.1. The zero-order chi connectivity index (χ0) is 24.7. The molecule has 34 heavy (non-hydrogen) atoms. The highest BCUT2D eigenvalue weighted by Gasteiger charge is 2.44. The molecule has 0 aliphatic carbocycles. The van der Waals surface area contributed by atoms with Crippen molar-refractivity contribution in [1.29, 1.82) is 0 Å². The van der Waals surface area contributed by atoms with Gasteiger partial charge in [-0.3, -0.25) is 14.0 Å². The van der Waals surface area contributed by atoms with Crippen molar-refractivity contribution in [3.05, 3.63) is 12.7 Å². The van der Waals surface area contributed by atoms with E-state index >= 15 is 0 Å². The molecule has 6 N–H and O–H groups in total. The van der Waals surface area contributed by atoms with E-state index in [4.69, 9.17) is 25.3 Å². The Labute approximate surface area is 202 Å². The van der Waals surface area contributed by atoms with Crippen LogP contribution in [-0.4, -0.2) is 104 Å². The number of fused-ring (bicyclic) bond motifs is 1. The molecule has 0 spiro atoms. The summed E-state index contributed by atoms with van der Waals surface area (Å²) in [6.07, 6.45) is -0.745. The predicted octanol–water partition coefficient (Wildman–Crippen LogP) is 0.245. The number of nitrogens with two attached hydrogens (primary N) is 2. The lowest BCUT2D eigenvalue weighted by Gasteiger charge is -2.26. The average molecular weight is 520 g/mol. The van der Waals surface area contributed by atoms with Crippen LogP contribution in [0.3, 0.4) is 0 Å². The van der Waals surface area contributed by atoms with Gasteiger partial charge < -0.3 is 35.5 Å². The maximum atomic E-state index is 12.8. The molecule has 15 heteroatoms. The zero-order valence-electron chi connectivity index (χ0n) is 19.4. The molecule has 0 bridgehead atoms. The van der Waals surface area contributed by atoms with Crippen LogP contribution in [0.2, 0.25) is 0 Å². The van der Waals surface area contributed by atoms with Crippen molar-refractivity contribution < 1.29 is 28.6 Å². The highest BCUT2D eigenvalue weighted by molar-refractivity contribution is 7.99. The minimum atomic E-state index is -3.22. The molecule has 192 valence electrons. The lowest BCUT2D eigenvalue weighted by Crippen LogP contribution is -2.34. The van der Waals surface area contributed by atoms with Crippen LogP contribution in [0.5, 0.6) is 0 Å². The Balaban J connectivity index is 1.54. The summed E-state index contributed by atoms with van der Waals surface area (Å²) in [7, 11) is -3.22. The lowest BCUT2D eigenvalue weighted by molar-refractivity contribution is -0.0289. The third-order valence-corrected chi connectivity index (χ3v) is 8.39.